The number of carbonyl (C=O) groups excluding carboxylic acids is 1. The zero-order valence-electron chi connectivity index (χ0n) is 17.1. The molecule has 2 aromatic rings. The van der Waals surface area contributed by atoms with Gasteiger partial charge in [0.15, 0.2) is 5.84 Å². The van der Waals surface area contributed by atoms with Gasteiger partial charge in [-0.1, -0.05) is 13.3 Å². The third kappa shape index (κ3) is 3.63. The Balaban J connectivity index is 1.68. The number of unbranched alkanes of at least 4 members (excludes halogenated alkanes) is 1. The number of aliphatic imine (C=N–C) groups is 1. The molecule has 2 aliphatic rings. The lowest BCUT2D eigenvalue weighted by Crippen LogP contribution is -2.35. The van der Waals surface area contributed by atoms with E-state index in [9.17, 15) is 9.18 Å². The summed E-state index contributed by atoms with van der Waals surface area (Å²) < 4.78 is 15.3. The number of hydrazone groups is 1. The van der Waals surface area contributed by atoms with E-state index in [0.717, 1.165) is 46.9 Å². The number of benzene rings is 1. The lowest BCUT2D eigenvalue weighted by atomic mass is 10.1. The minimum atomic E-state index is -0.433. The Hall–Kier alpha value is -3.00. The van der Waals surface area contributed by atoms with Crippen LogP contribution in [0.3, 0.4) is 0 Å². The van der Waals surface area contributed by atoms with E-state index >= 15 is 0 Å². The first-order valence-corrected chi connectivity index (χ1v) is 10.6. The van der Waals surface area contributed by atoms with Crippen molar-refractivity contribution in [2.75, 3.05) is 0 Å². The molecule has 6 nitrogen and oxygen atoms in total. The number of aryl methyl sites for hydroxylation is 1. The number of thioether (sulfide) groups is 1. The number of halogens is 1. The number of amidine groups is 2. The van der Waals surface area contributed by atoms with E-state index < -0.39 is 5.91 Å². The zero-order valence-corrected chi connectivity index (χ0v) is 17.9. The first-order valence-electron chi connectivity index (χ1n) is 9.83. The quantitative estimate of drug-likeness (QED) is 0.685. The summed E-state index contributed by atoms with van der Waals surface area (Å²) in [5.74, 6) is -0.686. The third-order valence-electron chi connectivity index (χ3n) is 5.10. The fourth-order valence-electron chi connectivity index (χ4n) is 3.54. The Labute approximate surface area is 178 Å². The molecular weight excluding hydrogens is 401 g/mol. The molecule has 0 aliphatic carbocycles. The maximum absolute atomic E-state index is 13.3. The molecular formula is C22H22FN5OS. The van der Waals surface area contributed by atoms with Crippen LogP contribution in [0.2, 0.25) is 0 Å². The van der Waals surface area contributed by atoms with Crippen LogP contribution in [0.5, 0.6) is 0 Å². The van der Waals surface area contributed by atoms with E-state index in [2.05, 4.69) is 17.0 Å². The maximum atomic E-state index is 13.3. The summed E-state index contributed by atoms with van der Waals surface area (Å²) in [6.45, 7) is 5.99. The van der Waals surface area contributed by atoms with E-state index in [1.165, 1.54) is 28.9 Å². The zero-order chi connectivity index (χ0) is 21.4. The number of amides is 1. The van der Waals surface area contributed by atoms with Gasteiger partial charge in [-0.25, -0.2) is 4.39 Å². The van der Waals surface area contributed by atoms with Gasteiger partial charge in [0, 0.05) is 17.1 Å². The van der Waals surface area contributed by atoms with Gasteiger partial charge in [0.25, 0.3) is 5.91 Å². The summed E-state index contributed by atoms with van der Waals surface area (Å²) in [7, 11) is 0. The van der Waals surface area contributed by atoms with Gasteiger partial charge >= 0.3 is 0 Å². The summed E-state index contributed by atoms with van der Waals surface area (Å²) in [6, 6.07) is 8.21. The number of aromatic nitrogens is 1. The van der Waals surface area contributed by atoms with Crippen LogP contribution in [0.1, 0.15) is 43.1 Å². The number of nitrogens with zero attached hydrogens (tertiary/aromatic N) is 4. The normalized spacial score (nSPS) is 17.5. The van der Waals surface area contributed by atoms with Crippen molar-refractivity contribution in [3.63, 3.8) is 0 Å². The number of hydrogen-bond donors (Lipinski definition) is 1. The van der Waals surface area contributed by atoms with Crippen LogP contribution in [0.4, 0.5) is 4.39 Å². The molecule has 1 amide bonds. The Bertz CT molecular complexity index is 1130. The summed E-state index contributed by atoms with van der Waals surface area (Å²) in [4.78, 5) is 16.8. The molecule has 1 aromatic carbocycles. The molecule has 1 N–H and O–H groups in total. The highest BCUT2D eigenvalue weighted by molar-refractivity contribution is 8.26. The van der Waals surface area contributed by atoms with Crippen molar-refractivity contribution < 1.29 is 9.18 Å². The molecule has 8 heteroatoms. The van der Waals surface area contributed by atoms with Crippen molar-refractivity contribution in [3.8, 4) is 5.69 Å². The number of rotatable bonds is 5. The smallest absolute Gasteiger partial charge is 0.283 e. The summed E-state index contributed by atoms with van der Waals surface area (Å²) in [5, 5.41) is 15.8. The largest absolute Gasteiger partial charge is 0.318 e. The second kappa shape index (κ2) is 8.02. The lowest BCUT2D eigenvalue weighted by Gasteiger charge is -2.20. The van der Waals surface area contributed by atoms with E-state index in [1.54, 1.807) is 18.2 Å². The number of nitrogens with one attached hydrogen (secondary N) is 1. The van der Waals surface area contributed by atoms with Crippen LogP contribution in [0.15, 0.2) is 46.0 Å². The molecule has 0 spiro atoms. The van der Waals surface area contributed by atoms with Gasteiger partial charge < -0.3 is 4.57 Å². The van der Waals surface area contributed by atoms with Crippen molar-refractivity contribution in [2.45, 2.75) is 40.0 Å². The first kappa shape index (κ1) is 20.3. The van der Waals surface area contributed by atoms with E-state index in [-0.39, 0.29) is 17.2 Å². The van der Waals surface area contributed by atoms with Gasteiger partial charge in [-0.3, -0.25) is 10.2 Å². The Kier molecular flexibility index (Phi) is 5.42. The molecule has 0 fully saturated rings. The SMILES string of the molecule is CCCCC1=NN2C(=N)/C(=C/c3cc(C)n(-c4ccc(F)cc4)c3C)C(=O)N=C2S1. The minimum absolute atomic E-state index is 0.0376. The number of carbonyl (C=O) groups is 1. The van der Waals surface area contributed by atoms with Crippen LogP contribution in [-0.2, 0) is 4.79 Å². The molecule has 0 saturated carbocycles. The molecule has 4 rings (SSSR count). The van der Waals surface area contributed by atoms with Gasteiger partial charge in [-0.05, 0) is 80.4 Å². The van der Waals surface area contributed by atoms with Gasteiger partial charge in [0.05, 0.1) is 5.57 Å². The standard InChI is InChI=1S/C22H22FN5OS/c1-4-5-6-19-26-28-20(24)18(21(29)25-22(28)30-19)12-15-11-13(2)27(14(15)3)17-9-7-16(23)8-10-17/h7-12,24H,4-6H2,1-3H3/b18-12-,24-20?. The minimum Gasteiger partial charge on any atom is -0.318 e. The van der Waals surface area contributed by atoms with Crippen molar-refractivity contribution in [1.82, 2.24) is 9.58 Å². The average Bonchev–Trinajstić information content (AvgIpc) is 3.24. The summed E-state index contributed by atoms with van der Waals surface area (Å²) in [5.41, 5.74) is 3.69. The van der Waals surface area contributed by atoms with Gasteiger partial charge in [0.2, 0.25) is 5.17 Å². The summed E-state index contributed by atoms with van der Waals surface area (Å²) >= 11 is 1.36. The topological polar surface area (TPSA) is 73.8 Å². The molecule has 3 heterocycles. The highest BCUT2D eigenvalue weighted by Gasteiger charge is 2.35. The van der Waals surface area contributed by atoms with Crippen molar-refractivity contribution in [3.05, 3.63) is 58.7 Å². The van der Waals surface area contributed by atoms with Crippen LogP contribution in [-0.4, -0.2) is 31.5 Å². The highest BCUT2D eigenvalue weighted by Crippen LogP contribution is 2.31. The molecule has 2 aliphatic heterocycles. The Morgan fingerprint density at radius 3 is 2.67 bits per heavy atom. The van der Waals surface area contributed by atoms with Crippen LogP contribution in [0.25, 0.3) is 11.8 Å². The molecule has 0 unspecified atom stereocenters. The monoisotopic (exact) mass is 423 g/mol. The molecule has 154 valence electrons. The predicted octanol–water partition coefficient (Wildman–Crippen LogP) is 5.04. The molecule has 1 aromatic heterocycles. The van der Waals surface area contributed by atoms with Gasteiger partial charge in [-0.15, -0.1) is 0 Å². The number of hydrogen-bond acceptors (Lipinski definition) is 4. The van der Waals surface area contributed by atoms with Crippen LogP contribution >= 0.6 is 11.8 Å². The Morgan fingerprint density at radius 2 is 1.97 bits per heavy atom. The van der Waals surface area contributed by atoms with Crippen molar-refractivity contribution >= 4 is 39.8 Å². The average molecular weight is 424 g/mol. The first-order chi connectivity index (χ1) is 14.4. The van der Waals surface area contributed by atoms with Crippen LogP contribution < -0.4 is 0 Å². The van der Waals surface area contributed by atoms with E-state index in [4.69, 9.17) is 5.41 Å². The second-order valence-electron chi connectivity index (χ2n) is 7.26. The fraction of sp³-hybridized carbons (Fsp3) is 0.273. The van der Waals surface area contributed by atoms with E-state index in [1.807, 2.05) is 24.5 Å². The fourth-order valence-corrected chi connectivity index (χ4v) is 4.46. The van der Waals surface area contributed by atoms with Gasteiger partial charge in [-0.2, -0.15) is 15.1 Å². The highest BCUT2D eigenvalue weighted by atomic mass is 32.2. The second-order valence-corrected chi connectivity index (χ2v) is 8.30. The molecule has 0 saturated heterocycles. The maximum Gasteiger partial charge on any atom is 0.283 e. The van der Waals surface area contributed by atoms with Gasteiger partial charge in [0.1, 0.15) is 10.9 Å². The molecule has 0 atom stereocenters. The van der Waals surface area contributed by atoms with Crippen molar-refractivity contribution in [2.24, 2.45) is 10.1 Å². The third-order valence-corrected chi connectivity index (χ3v) is 6.06. The number of fused-ring (bicyclic) bond motifs is 1. The Morgan fingerprint density at radius 1 is 1.23 bits per heavy atom. The lowest BCUT2D eigenvalue weighted by molar-refractivity contribution is -0.114. The molecule has 30 heavy (non-hydrogen) atoms. The van der Waals surface area contributed by atoms with Crippen molar-refractivity contribution in [1.29, 1.82) is 5.41 Å². The molecule has 0 bridgehead atoms. The van der Waals surface area contributed by atoms with E-state index in [0.29, 0.717) is 5.17 Å². The predicted molar refractivity (Wildman–Crippen MR) is 120 cm³/mol. The summed E-state index contributed by atoms with van der Waals surface area (Å²) in [6.07, 6.45) is 4.57. The molecule has 0 radical (unpaired) electrons. The van der Waals surface area contributed by atoms with Crippen LogP contribution in [0, 0.1) is 25.1 Å².